The quantitative estimate of drug-likeness (QED) is 0.355. The van der Waals surface area contributed by atoms with E-state index in [4.69, 9.17) is 9.47 Å². The van der Waals surface area contributed by atoms with Gasteiger partial charge in [0.2, 0.25) is 0 Å². The highest BCUT2D eigenvalue weighted by Gasteiger charge is 2.51. The van der Waals surface area contributed by atoms with Crippen molar-refractivity contribution >= 4 is 11.9 Å². The highest BCUT2D eigenvalue weighted by Crippen LogP contribution is 2.47. The lowest BCUT2D eigenvalue weighted by atomic mass is 9.71. The molecular formula is C33H41FN8O3. The second-order valence-electron chi connectivity index (χ2n) is 14.3. The summed E-state index contributed by atoms with van der Waals surface area (Å²) < 4.78 is 26.3. The molecule has 3 aromatic rings. The van der Waals surface area contributed by atoms with Crippen molar-refractivity contribution in [3.05, 3.63) is 48.6 Å². The van der Waals surface area contributed by atoms with Crippen LogP contribution < -0.4 is 15.0 Å². The molecule has 0 radical (unpaired) electrons. The summed E-state index contributed by atoms with van der Waals surface area (Å²) in [6.07, 6.45) is 9.53. The molecule has 1 aromatic carbocycles. The zero-order valence-electron chi connectivity index (χ0n) is 26.4. The van der Waals surface area contributed by atoms with E-state index in [0.29, 0.717) is 40.9 Å². The molecule has 2 saturated carbocycles. The predicted octanol–water partition coefficient (Wildman–Crippen LogP) is 5.34. The van der Waals surface area contributed by atoms with Crippen LogP contribution in [-0.2, 0) is 4.74 Å². The monoisotopic (exact) mass is 616 g/mol. The number of carbonyl (C=O) groups is 1. The van der Waals surface area contributed by atoms with Gasteiger partial charge in [-0.05, 0) is 83.9 Å². The Bertz CT molecular complexity index is 1570. The van der Waals surface area contributed by atoms with Crippen LogP contribution >= 0.6 is 0 Å². The molecule has 1 spiro atoms. The standard InChI is InChI=1S/C33H41FN8O3/c1-20(22-11-24(12-22)39-31(43)45-32(2,3)4)42-16-33(17-42)9-10-41(15-33)29-30(40-38-19-37-29)44-27-8-7-23(34)13-25(27)26-14-35-18-36-28(26)21-5-6-21/h7-8,13-14,18-22,24H,5-6,9-12,15-17H2,1-4H3,(H,39,43)/t20-,22?,24?/m0/s1. The van der Waals surface area contributed by atoms with Gasteiger partial charge < -0.3 is 19.7 Å². The van der Waals surface area contributed by atoms with Gasteiger partial charge in [-0.2, -0.15) is 0 Å². The first-order chi connectivity index (χ1) is 21.6. The van der Waals surface area contributed by atoms with Crippen LogP contribution in [-0.4, -0.2) is 80.0 Å². The van der Waals surface area contributed by atoms with Crippen LogP contribution in [0.4, 0.5) is 15.0 Å². The van der Waals surface area contributed by atoms with E-state index in [1.807, 2.05) is 20.8 Å². The van der Waals surface area contributed by atoms with Crippen LogP contribution in [0.15, 0.2) is 37.1 Å². The molecule has 4 heterocycles. The Balaban J connectivity index is 0.986. The van der Waals surface area contributed by atoms with Crippen LogP contribution in [0.25, 0.3) is 11.1 Å². The minimum Gasteiger partial charge on any atom is -0.444 e. The molecule has 4 fully saturated rings. The van der Waals surface area contributed by atoms with E-state index in [-0.39, 0.29) is 23.4 Å². The van der Waals surface area contributed by atoms with E-state index in [1.54, 1.807) is 18.6 Å². The van der Waals surface area contributed by atoms with Gasteiger partial charge in [0.25, 0.3) is 5.88 Å². The highest BCUT2D eigenvalue weighted by atomic mass is 19.1. The van der Waals surface area contributed by atoms with Crippen molar-refractivity contribution in [2.75, 3.05) is 31.1 Å². The topological polar surface area (TPSA) is 118 Å². The van der Waals surface area contributed by atoms with Crippen LogP contribution in [0, 0.1) is 17.2 Å². The second kappa shape index (κ2) is 11.5. The molecule has 12 heteroatoms. The van der Waals surface area contributed by atoms with Gasteiger partial charge in [-0.1, -0.05) is 0 Å². The SMILES string of the molecule is C[C@@H](C1CC(NC(=O)OC(C)(C)C)C1)N1CC2(CCN(c3ncnnc3Oc3ccc(F)cc3-c3cncnc3C3CC3)C2)C1. The average Bonchev–Trinajstić information content (AvgIpc) is 3.71. The smallest absolute Gasteiger partial charge is 0.407 e. The van der Waals surface area contributed by atoms with Gasteiger partial charge in [-0.15, -0.1) is 10.2 Å². The summed E-state index contributed by atoms with van der Waals surface area (Å²) in [7, 11) is 0. The minimum absolute atomic E-state index is 0.185. The molecule has 2 aliphatic carbocycles. The van der Waals surface area contributed by atoms with Crippen molar-refractivity contribution < 1.29 is 18.7 Å². The van der Waals surface area contributed by atoms with Gasteiger partial charge >= 0.3 is 6.09 Å². The average molecular weight is 617 g/mol. The lowest BCUT2D eigenvalue weighted by molar-refractivity contribution is -0.0467. The maximum absolute atomic E-state index is 14.5. The minimum atomic E-state index is -0.489. The number of carbonyl (C=O) groups excluding carboxylic acids is 1. The number of anilines is 1. The van der Waals surface area contributed by atoms with Gasteiger partial charge in [0.15, 0.2) is 5.82 Å². The number of amides is 1. The first kappa shape index (κ1) is 29.8. The summed E-state index contributed by atoms with van der Waals surface area (Å²) in [4.78, 5) is 30.2. The molecule has 2 aromatic heterocycles. The van der Waals surface area contributed by atoms with Crippen molar-refractivity contribution in [1.82, 2.24) is 35.4 Å². The van der Waals surface area contributed by atoms with Crippen molar-refractivity contribution in [3.8, 4) is 22.8 Å². The molecule has 238 valence electrons. The van der Waals surface area contributed by atoms with Crippen molar-refractivity contribution in [3.63, 3.8) is 0 Å². The zero-order chi connectivity index (χ0) is 31.3. The normalized spacial score (nSPS) is 23.3. The summed E-state index contributed by atoms with van der Waals surface area (Å²) in [5.74, 6) is 1.97. The number of likely N-dealkylation sites (tertiary alicyclic amines) is 1. The summed E-state index contributed by atoms with van der Waals surface area (Å²) in [5, 5.41) is 11.3. The van der Waals surface area contributed by atoms with E-state index in [9.17, 15) is 9.18 Å². The van der Waals surface area contributed by atoms with Gasteiger partial charge in [0.05, 0.1) is 5.69 Å². The number of hydrogen-bond donors (Lipinski definition) is 1. The largest absolute Gasteiger partial charge is 0.444 e. The Labute approximate surface area is 263 Å². The van der Waals surface area contributed by atoms with E-state index in [2.05, 4.69) is 47.2 Å². The van der Waals surface area contributed by atoms with Gasteiger partial charge in [0, 0.05) is 66.9 Å². The number of benzene rings is 1. The Morgan fingerprint density at radius 1 is 1.11 bits per heavy atom. The van der Waals surface area contributed by atoms with Gasteiger partial charge in [-0.25, -0.2) is 24.1 Å². The zero-order valence-corrected chi connectivity index (χ0v) is 26.4. The molecule has 1 atom stereocenters. The summed E-state index contributed by atoms with van der Waals surface area (Å²) >= 11 is 0. The number of nitrogens with zero attached hydrogens (tertiary/aromatic N) is 7. The fourth-order valence-corrected chi connectivity index (χ4v) is 7.10. The summed E-state index contributed by atoms with van der Waals surface area (Å²) in [5.41, 5.74) is 1.98. The number of ether oxygens (including phenoxy) is 2. The van der Waals surface area contributed by atoms with Crippen LogP contribution in [0.2, 0.25) is 0 Å². The molecule has 0 unspecified atom stereocenters. The third-order valence-electron chi connectivity index (χ3n) is 9.69. The molecule has 4 aliphatic rings. The van der Waals surface area contributed by atoms with E-state index < -0.39 is 5.60 Å². The predicted molar refractivity (Wildman–Crippen MR) is 165 cm³/mol. The van der Waals surface area contributed by atoms with E-state index in [0.717, 1.165) is 69.5 Å². The maximum Gasteiger partial charge on any atom is 0.407 e. The molecule has 11 nitrogen and oxygen atoms in total. The van der Waals surface area contributed by atoms with Crippen LogP contribution in [0.1, 0.15) is 71.4 Å². The van der Waals surface area contributed by atoms with Crippen LogP contribution in [0.3, 0.4) is 0 Å². The Kier molecular flexibility index (Phi) is 7.58. The Morgan fingerprint density at radius 3 is 2.67 bits per heavy atom. The molecule has 1 N–H and O–H groups in total. The molecular weight excluding hydrogens is 575 g/mol. The fraction of sp³-hybridized carbons (Fsp3) is 0.576. The molecule has 2 aliphatic heterocycles. The first-order valence-electron chi connectivity index (χ1n) is 16.0. The number of alkyl carbamates (subject to hydrolysis) is 1. The second-order valence-corrected chi connectivity index (χ2v) is 14.3. The molecule has 1 amide bonds. The van der Waals surface area contributed by atoms with E-state index in [1.165, 1.54) is 18.5 Å². The molecule has 2 saturated heterocycles. The molecule has 0 bridgehead atoms. The van der Waals surface area contributed by atoms with Crippen molar-refractivity contribution in [2.24, 2.45) is 11.3 Å². The Morgan fingerprint density at radius 2 is 1.91 bits per heavy atom. The number of aromatic nitrogens is 5. The third kappa shape index (κ3) is 6.29. The number of rotatable bonds is 8. The van der Waals surface area contributed by atoms with Gasteiger partial charge in [-0.3, -0.25) is 4.90 Å². The number of hydrogen-bond acceptors (Lipinski definition) is 10. The summed E-state index contributed by atoms with van der Waals surface area (Å²) in [6.45, 7) is 11.7. The highest BCUT2D eigenvalue weighted by molar-refractivity contribution is 5.73. The fourth-order valence-electron chi connectivity index (χ4n) is 7.10. The maximum atomic E-state index is 14.5. The summed E-state index contributed by atoms with van der Waals surface area (Å²) in [6, 6.07) is 5.12. The number of nitrogens with one attached hydrogen (secondary N) is 1. The lowest BCUT2D eigenvalue weighted by Gasteiger charge is -2.54. The Hall–Kier alpha value is -3.93. The third-order valence-corrected chi connectivity index (χ3v) is 9.69. The first-order valence-corrected chi connectivity index (χ1v) is 16.0. The van der Waals surface area contributed by atoms with Crippen molar-refractivity contribution in [1.29, 1.82) is 0 Å². The van der Waals surface area contributed by atoms with Gasteiger partial charge in [0.1, 0.15) is 29.8 Å². The molecule has 7 rings (SSSR count). The number of halogens is 1. The lowest BCUT2D eigenvalue weighted by Crippen LogP contribution is -2.63. The molecule has 45 heavy (non-hydrogen) atoms. The van der Waals surface area contributed by atoms with Crippen molar-refractivity contribution in [2.45, 2.75) is 83.4 Å². The van der Waals surface area contributed by atoms with Crippen LogP contribution in [0.5, 0.6) is 11.6 Å². The van der Waals surface area contributed by atoms with E-state index >= 15 is 0 Å².